The molecule has 7 nitrogen and oxygen atoms in total. The average molecular weight is 543 g/mol. The van der Waals surface area contributed by atoms with E-state index in [-0.39, 0.29) is 6.61 Å². The summed E-state index contributed by atoms with van der Waals surface area (Å²) in [5.41, 5.74) is 4.31. The lowest BCUT2D eigenvalue weighted by molar-refractivity contribution is 0.0954. The molecule has 0 aromatic heterocycles. The number of amides is 1. The minimum atomic E-state index is -0.414. The predicted molar refractivity (Wildman–Crippen MR) is 147 cm³/mol. The Hall–Kier alpha value is -3.68. The molecule has 0 fully saturated rings. The lowest BCUT2D eigenvalue weighted by atomic mass is 10.2. The maximum Gasteiger partial charge on any atom is 0.271 e. The molecule has 0 unspecified atom stereocenters. The van der Waals surface area contributed by atoms with Crippen molar-refractivity contribution >= 4 is 35.3 Å². The van der Waals surface area contributed by atoms with Gasteiger partial charge in [0.2, 0.25) is 0 Å². The van der Waals surface area contributed by atoms with Crippen LogP contribution in [0.15, 0.2) is 72.4 Å². The summed E-state index contributed by atoms with van der Waals surface area (Å²) in [6.07, 6.45) is 3.10. The van der Waals surface area contributed by atoms with Crippen molar-refractivity contribution in [3.8, 4) is 23.0 Å². The summed E-state index contributed by atoms with van der Waals surface area (Å²) >= 11 is 12.7. The van der Waals surface area contributed by atoms with E-state index < -0.39 is 5.91 Å². The van der Waals surface area contributed by atoms with Crippen molar-refractivity contribution in [2.75, 3.05) is 19.8 Å². The van der Waals surface area contributed by atoms with Crippen molar-refractivity contribution < 1.29 is 23.7 Å². The maximum atomic E-state index is 12.6. The van der Waals surface area contributed by atoms with Crippen molar-refractivity contribution in [1.29, 1.82) is 0 Å². The minimum Gasteiger partial charge on any atom is -0.490 e. The molecule has 1 N–H and O–H groups in total. The van der Waals surface area contributed by atoms with E-state index in [2.05, 4.69) is 17.1 Å². The fraction of sp³-hybridized carbons (Fsp3) is 0.214. The van der Waals surface area contributed by atoms with Crippen LogP contribution in [-0.2, 0) is 6.61 Å². The highest BCUT2D eigenvalue weighted by atomic mass is 35.5. The second-order valence-electron chi connectivity index (χ2n) is 7.54. The van der Waals surface area contributed by atoms with Crippen LogP contribution in [0, 0.1) is 0 Å². The van der Waals surface area contributed by atoms with Gasteiger partial charge in [0.05, 0.1) is 24.5 Å². The zero-order chi connectivity index (χ0) is 26.6. The van der Waals surface area contributed by atoms with Crippen LogP contribution in [0.1, 0.15) is 35.3 Å². The predicted octanol–water partition coefficient (Wildman–Crippen LogP) is 6.70. The first-order chi connectivity index (χ1) is 18.0. The molecular weight excluding hydrogens is 515 g/mol. The number of benzene rings is 3. The topological polar surface area (TPSA) is 78.4 Å². The molecule has 9 heteroatoms. The number of hydrazone groups is 1. The van der Waals surface area contributed by atoms with Gasteiger partial charge in [-0.05, 0) is 55.8 Å². The first kappa shape index (κ1) is 27.9. The first-order valence-electron chi connectivity index (χ1n) is 11.6. The number of nitrogens with zero attached hydrogens (tertiary/aromatic N) is 1. The molecule has 0 heterocycles. The molecule has 3 rings (SSSR count). The molecule has 0 bridgehead atoms. The summed E-state index contributed by atoms with van der Waals surface area (Å²) in [4.78, 5) is 12.6. The summed E-state index contributed by atoms with van der Waals surface area (Å²) in [5.74, 6) is 1.42. The van der Waals surface area contributed by atoms with E-state index >= 15 is 0 Å². The molecule has 1 amide bonds. The molecule has 0 spiro atoms. The van der Waals surface area contributed by atoms with Crippen LogP contribution in [0.25, 0.3) is 0 Å². The van der Waals surface area contributed by atoms with E-state index in [0.717, 1.165) is 5.56 Å². The Morgan fingerprint density at radius 3 is 2.41 bits per heavy atom. The summed E-state index contributed by atoms with van der Waals surface area (Å²) < 4.78 is 22.8. The third-order valence-electron chi connectivity index (χ3n) is 4.90. The van der Waals surface area contributed by atoms with Gasteiger partial charge in [0.1, 0.15) is 13.2 Å². The lowest BCUT2D eigenvalue weighted by Gasteiger charge is -2.15. The highest BCUT2D eigenvalue weighted by molar-refractivity contribution is 6.32. The minimum absolute atomic E-state index is 0.226. The van der Waals surface area contributed by atoms with Crippen LogP contribution in [0.2, 0.25) is 10.0 Å². The molecule has 37 heavy (non-hydrogen) atoms. The van der Waals surface area contributed by atoms with Gasteiger partial charge in [0.25, 0.3) is 5.91 Å². The summed E-state index contributed by atoms with van der Waals surface area (Å²) in [5, 5.41) is 5.00. The zero-order valence-corrected chi connectivity index (χ0v) is 22.1. The van der Waals surface area contributed by atoms with Crippen molar-refractivity contribution in [1.82, 2.24) is 5.43 Å². The molecule has 194 valence electrons. The Labute approximate surface area is 226 Å². The molecule has 3 aromatic carbocycles. The van der Waals surface area contributed by atoms with Crippen molar-refractivity contribution in [3.63, 3.8) is 0 Å². The molecule has 0 saturated heterocycles. The Balaban J connectivity index is 1.72. The number of carbonyl (C=O) groups excluding carboxylic acids is 1. The van der Waals surface area contributed by atoms with E-state index in [1.165, 1.54) is 6.21 Å². The van der Waals surface area contributed by atoms with Crippen molar-refractivity contribution in [2.45, 2.75) is 20.5 Å². The van der Waals surface area contributed by atoms with E-state index in [1.807, 2.05) is 32.0 Å². The number of hydrogen-bond acceptors (Lipinski definition) is 6. The summed E-state index contributed by atoms with van der Waals surface area (Å²) in [6, 6.07) is 15.7. The lowest BCUT2D eigenvalue weighted by Crippen LogP contribution is -2.17. The van der Waals surface area contributed by atoms with Gasteiger partial charge in [-0.25, -0.2) is 5.43 Å². The van der Waals surface area contributed by atoms with E-state index in [4.69, 9.17) is 42.1 Å². The van der Waals surface area contributed by atoms with Gasteiger partial charge in [-0.3, -0.25) is 4.79 Å². The second kappa shape index (κ2) is 14.2. The average Bonchev–Trinajstić information content (AvgIpc) is 2.88. The van der Waals surface area contributed by atoms with Gasteiger partial charge < -0.3 is 18.9 Å². The number of nitrogens with one attached hydrogen (secondary N) is 1. The highest BCUT2D eigenvalue weighted by Crippen LogP contribution is 2.37. The van der Waals surface area contributed by atoms with E-state index in [1.54, 1.807) is 42.5 Å². The van der Waals surface area contributed by atoms with Gasteiger partial charge >= 0.3 is 0 Å². The van der Waals surface area contributed by atoms with Crippen LogP contribution in [0.4, 0.5) is 0 Å². The smallest absolute Gasteiger partial charge is 0.271 e. The molecule has 0 saturated carbocycles. The second-order valence-corrected chi connectivity index (χ2v) is 8.35. The summed E-state index contributed by atoms with van der Waals surface area (Å²) in [6.45, 7) is 8.73. The Kier molecular flexibility index (Phi) is 10.7. The van der Waals surface area contributed by atoms with E-state index in [0.29, 0.717) is 64.0 Å². The summed E-state index contributed by atoms with van der Waals surface area (Å²) in [7, 11) is 0. The van der Waals surface area contributed by atoms with Gasteiger partial charge in [-0.15, -0.1) is 0 Å². The van der Waals surface area contributed by atoms with Crippen LogP contribution in [0.3, 0.4) is 0 Å². The van der Waals surface area contributed by atoms with Crippen molar-refractivity contribution in [2.24, 2.45) is 5.10 Å². The Morgan fingerprint density at radius 1 is 0.919 bits per heavy atom. The van der Waals surface area contributed by atoms with Crippen molar-refractivity contribution in [3.05, 3.63) is 94.0 Å². The number of ether oxygens (including phenoxy) is 4. The monoisotopic (exact) mass is 542 g/mol. The number of hydrogen-bond donors (Lipinski definition) is 1. The highest BCUT2D eigenvalue weighted by Gasteiger charge is 2.14. The fourth-order valence-electron chi connectivity index (χ4n) is 3.25. The van der Waals surface area contributed by atoms with Crippen LogP contribution in [0.5, 0.6) is 23.0 Å². The maximum absolute atomic E-state index is 12.6. The largest absolute Gasteiger partial charge is 0.490 e. The molecular formula is C28H28Cl2N2O5. The number of rotatable bonds is 13. The van der Waals surface area contributed by atoms with Gasteiger partial charge in [0.15, 0.2) is 23.0 Å². The van der Waals surface area contributed by atoms with E-state index in [9.17, 15) is 4.79 Å². The molecule has 0 aliphatic carbocycles. The molecule has 0 aliphatic rings. The zero-order valence-electron chi connectivity index (χ0n) is 20.6. The Morgan fingerprint density at radius 2 is 1.68 bits per heavy atom. The molecule has 3 aromatic rings. The van der Waals surface area contributed by atoms with Gasteiger partial charge in [-0.2, -0.15) is 5.10 Å². The third-order valence-corrected chi connectivity index (χ3v) is 5.55. The van der Waals surface area contributed by atoms with Gasteiger partial charge in [0, 0.05) is 16.1 Å². The van der Waals surface area contributed by atoms with Crippen LogP contribution < -0.4 is 24.4 Å². The number of halogens is 2. The Bertz CT molecular complexity index is 1260. The van der Waals surface area contributed by atoms with Crippen LogP contribution >= 0.6 is 23.2 Å². The molecule has 0 aliphatic heterocycles. The standard InChI is InChI=1S/C28H28Cl2N2O5/c1-4-13-36-24-12-11-20(16-25(24)34-5-2)28(33)32-31-17-19-14-23(30)27(26(15-19)35-6-3)37-18-21-9-7-8-10-22(21)29/h4,7-12,14-17H,1,5-6,13,18H2,2-3H3,(H,32,33)/b31-17+. The quantitative estimate of drug-likeness (QED) is 0.148. The molecule has 0 atom stereocenters. The molecule has 0 radical (unpaired) electrons. The van der Waals surface area contributed by atoms with Crippen LogP contribution in [-0.4, -0.2) is 31.9 Å². The first-order valence-corrected chi connectivity index (χ1v) is 12.4. The van der Waals surface area contributed by atoms with Gasteiger partial charge in [-0.1, -0.05) is 54.1 Å². The fourth-order valence-corrected chi connectivity index (χ4v) is 3.71. The third kappa shape index (κ3) is 7.90. The SMILES string of the molecule is C=CCOc1ccc(C(=O)N/N=C/c2cc(Cl)c(OCc3ccccc3Cl)c(OCC)c2)cc1OCC. The normalized spacial score (nSPS) is 10.7. The number of carbonyl (C=O) groups is 1.